The average Bonchev–Trinajstić information content (AvgIpc) is 2.73. The van der Waals surface area contributed by atoms with Crippen LogP contribution in [-0.2, 0) is 9.68 Å². The van der Waals surface area contributed by atoms with Gasteiger partial charge in [-0.3, -0.25) is 4.79 Å². The van der Waals surface area contributed by atoms with Gasteiger partial charge in [0.2, 0.25) is 0 Å². The van der Waals surface area contributed by atoms with E-state index in [2.05, 4.69) is 15.1 Å². The molecule has 0 aliphatic carbocycles. The molecule has 1 unspecified atom stereocenters. The number of carbonyl (C=O) groups excluding carboxylic acids is 1. The number of amidine groups is 1. The molecular weight excluding hydrogens is 475 g/mol. The number of halogens is 3. The van der Waals surface area contributed by atoms with E-state index in [4.69, 9.17) is 45.4 Å². The van der Waals surface area contributed by atoms with E-state index in [0.29, 0.717) is 26.3 Å². The van der Waals surface area contributed by atoms with E-state index in [1.54, 1.807) is 37.4 Å². The summed E-state index contributed by atoms with van der Waals surface area (Å²) in [6.45, 7) is 3.92. The van der Waals surface area contributed by atoms with Gasteiger partial charge in [0.25, 0.3) is 5.91 Å². The Kier molecular flexibility index (Phi) is 9.62. The first-order chi connectivity index (χ1) is 15.1. The second-order valence-corrected chi connectivity index (χ2v) is 8.45. The van der Waals surface area contributed by atoms with E-state index < -0.39 is 0 Å². The number of benzene rings is 2. The van der Waals surface area contributed by atoms with Crippen molar-refractivity contribution in [3.8, 4) is 0 Å². The fourth-order valence-electron chi connectivity index (χ4n) is 2.94. The number of rotatable bonds is 9. The number of amides is 1. The van der Waals surface area contributed by atoms with Crippen LogP contribution >= 0.6 is 34.8 Å². The van der Waals surface area contributed by atoms with Crippen molar-refractivity contribution >= 4 is 52.3 Å². The van der Waals surface area contributed by atoms with Crippen LogP contribution in [0.2, 0.25) is 15.1 Å². The summed E-state index contributed by atoms with van der Waals surface area (Å²) < 4.78 is 0. The van der Waals surface area contributed by atoms with Crippen LogP contribution in [0, 0.1) is 6.92 Å². The summed E-state index contributed by atoms with van der Waals surface area (Å²) in [6, 6.07) is 10.5. The summed E-state index contributed by atoms with van der Waals surface area (Å²) in [5.74, 6) is -0.316. The van der Waals surface area contributed by atoms with Gasteiger partial charge >= 0.3 is 0 Å². The molecular formula is C22H25Cl3N4O3. The molecule has 0 aromatic heterocycles. The van der Waals surface area contributed by atoms with E-state index in [1.165, 1.54) is 12.0 Å². The normalized spacial score (nSPS) is 13.0. The summed E-state index contributed by atoms with van der Waals surface area (Å²) >= 11 is 18.3. The van der Waals surface area contributed by atoms with Crippen molar-refractivity contribution in [2.45, 2.75) is 19.8 Å². The lowest BCUT2D eigenvalue weighted by Crippen LogP contribution is -2.34. The maximum atomic E-state index is 13.0. The number of hydrogen-bond donors (Lipinski definition) is 1. The van der Waals surface area contributed by atoms with E-state index in [0.717, 1.165) is 11.1 Å². The fourth-order valence-corrected chi connectivity index (χ4v) is 3.54. The molecule has 2 rings (SSSR count). The van der Waals surface area contributed by atoms with Gasteiger partial charge < -0.3 is 20.3 Å². The summed E-state index contributed by atoms with van der Waals surface area (Å²) in [6.07, 6.45) is 0. The molecule has 0 fully saturated rings. The molecule has 0 aliphatic heterocycles. The molecule has 172 valence electrons. The zero-order valence-electron chi connectivity index (χ0n) is 18.2. The van der Waals surface area contributed by atoms with Gasteiger partial charge in [-0.2, -0.15) is 0 Å². The topological polar surface area (TPSA) is 89.5 Å². The molecule has 2 aromatic rings. The van der Waals surface area contributed by atoms with Gasteiger partial charge in [-0.15, -0.1) is 0 Å². The van der Waals surface area contributed by atoms with Gasteiger partial charge in [0.15, 0.2) is 12.4 Å². The first-order valence-electron chi connectivity index (χ1n) is 9.64. The lowest BCUT2D eigenvalue weighted by molar-refractivity contribution is 0.0812. The van der Waals surface area contributed by atoms with Gasteiger partial charge in [-0.1, -0.05) is 58.1 Å². The SMILES string of the molecule is CO/N=C(/N)CO/N=C(/CN(C)C(=O)c1cc(C)cc(Cl)c1)C(C)c1ccc(Cl)c(Cl)c1. The first kappa shape index (κ1) is 25.8. The molecule has 7 nitrogen and oxygen atoms in total. The molecule has 10 heteroatoms. The summed E-state index contributed by atoms with van der Waals surface area (Å²) in [4.78, 5) is 24.5. The number of hydrogen-bond acceptors (Lipinski definition) is 5. The Labute approximate surface area is 202 Å². The minimum atomic E-state index is -0.235. The second-order valence-electron chi connectivity index (χ2n) is 7.19. The molecule has 0 aliphatic rings. The van der Waals surface area contributed by atoms with Crippen molar-refractivity contribution in [3.05, 3.63) is 68.2 Å². The van der Waals surface area contributed by atoms with Gasteiger partial charge in [-0.25, -0.2) is 0 Å². The number of aryl methyl sites for hydroxylation is 1. The maximum absolute atomic E-state index is 13.0. The molecule has 2 N–H and O–H groups in total. The van der Waals surface area contributed by atoms with Crippen LogP contribution in [0.1, 0.15) is 34.3 Å². The van der Waals surface area contributed by atoms with Crippen molar-refractivity contribution in [2.24, 2.45) is 16.0 Å². The quantitative estimate of drug-likeness (QED) is 0.294. The van der Waals surface area contributed by atoms with Crippen molar-refractivity contribution in [1.29, 1.82) is 0 Å². The van der Waals surface area contributed by atoms with Crippen LogP contribution in [0.3, 0.4) is 0 Å². The zero-order valence-corrected chi connectivity index (χ0v) is 20.5. The van der Waals surface area contributed by atoms with Crippen LogP contribution in [0.15, 0.2) is 46.7 Å². The van der Waals surface area contributed by atoms with Crippen LogP contribution < -0.4 is 5.73 Å². The van der Waals surface area contributed by atoms with E-state index in [9.17, 15) is 4.79 Å². The lowest BCUT2D eigenvalue weighted by atomic mass is 9.95. The molecule has 2 aromatic carbocycles. The first-order valence-corrected chi connectivity index (χ1v) is 10.8. The van der Waals surface area contributed by atoms with Gasteiger partial charge in [0, 0.05) is 23.6 Å². The third kappa shape index (κ3) is 7.29. The van der Waals surface area contributed by atoms with Crippen LogP contribution in [0.5, 0.6) is 0 Å². The fraction of sp³-hybridized carbons (Fsp3) is 0.318. The van der Waals surface area contributed by atoms with Gasteiger partial charge in [-0.05, 0) is 48.4 Å². The minimum Gasteiger partial charge on any atom is -0.398 e. The van der Waals surface area contributed by atoms with Gasteiger partial charge in [0.05, 0.1) is 22.3 Å². The highest BCUT2D eigenvalue weighted by molar-refractivity contribution is 6.42. The largest absolute Gasteiger partial charge is 0.398 e. The molecule has 1 atom stereocenters. The Morgan fingerprint density at radius 2 is 1.84 bits per heavy atom. The second kappa shape index (κ2) is 11.9. The Balaban J connectivity index is 2.28. The Hall–Kier alpha value is -2.48. The molecule has 0 radical (unpaired) electrons. The third-order valence-corrected chi connectivity index (χ3v) is 5.54. The highest BCUT2D eigenvalue weighted by Gasteiger charge is 2.21. The number of carbonyl (C=O) groups is 1. The molecule has 0 spiro atoms. The van der Waals surface area contributed by atoms with Crippen LogP contribution in [0.25, 0.3) is 0 Å². The third-order valence-electron chi connectivity index (χ3n) is 4.58. The summed E-state index contributed by atoms with van der Waals surface area (Å²) in [5.41, 5.74) is 8.48. The molecule has 0 saturated carbocycles. The maximum Gasteiger partial charge on any atom is 0.253 e. The molecule has 0 heterocycles. The molecule has 1 amide bonds. The van der Waals surface area contributed by atoms with Crippen molar-refractivity contribution in [2.75, 3.05) is 27.3 Å². The molecule has 32 heavy (non-hydrogen) atoms. The van der Waals surface area contributed by atoms with Crippen molar-refractivity contribution in [3.63, 3.8) is 0 Å². The standard InChI is InChI=1S/C22H25Cl3N4O3/c1-13-7-16(9-17(23)8-13)22(30)29(3)11-20(27-32-12-21(26)28-31-4)14(2)15-5-6-18(24)19(25)10-15/h5-10,14H,11-12H2,1-4H3,(H2,26,28)/b27-20-. The zero-order chi connectivity index (χ0) is 23.8. The Morgan fingerprint density at radius 1 is 1.12 bits per heavy atom. The van der Waals surface area contributed by atoms with Crippen LogP contribution in [-0.4, -0.2) is 49.7 Å². The number of nitrogens with two attached hydrogens (primary N) is 1. The average molecular weight is 500 g/mol. The van der Waals surface area contributed by atoms with Crippen molar-refractivity contribution in [1.82, 2.24) is 4.90 Å². The molecule has 0 bridgehead atoms. The smallest absolute Gasteiger partial charge is 0.253 e. The predicted octanol–water partition coefficient (Wildman–Crippen LogP) is 5.12. The summed E-state index contributed by atoms with van der Waals surface area (Å²) in [5, 5.41) is 9.18. The van der Waals surface area contributed by atoms with Gasteiger partial charge in [0.1, 0.15) is 7.11 Å². The highest BCUT2D eigenvalue weighted by Crippen LogP contribution is 2.27. The van der Waals surface area contributed by atoms with Crippen molar-refractivity contribution < 1.29 is 14.5 Å². The van der Waals surface area contributed by atoms with E-state index in [-0.39, 0.29) is 30.8 Å². The highest BCUT2D eigenvalue weighted by atomic mass is 35.5. The number of oxime groups is 2. The van der Waals surface area contributed by atoms with E-state index >= 15 is 0 Å². The monoisotopic (exact) mass is 498 g/mol. The Bertz CT molecular complexity index is 1010. The molecule has 0 saturated heterocycles. The van der Waals surface area contributed by atoms with E-state index in [1.807, 2.05) is 19.9 Å². The predicted molar refractivity (Wildman–Crippen MR) is 130 cm³/mol. The minimum absolute atomic E-state index is 0.0728. The Morgan fingerprint density at radius 3 is 2.47 bits per heavy atom. The summed E-state index contributed by atoms with van der Waals surface area (Å²) in [7, 11) is 3.06. The lowest BCUT2D eigenvalue weighted by Gasteiger charge is -2.22. The number of nitrogens with zero attached hydrogens (tertiary/aromatic N) is 3. The van der Waals surface area contributed by atoms with Crippen LogP contribution in [0.4, 0.5) is 0 Å².